The Morgan fingerprint density at radius 1 is 0.722 bits per heavy atom. The van der Waals surface area contributed by atoms with Crippen LogP contribution in [-0.4, -0.2) is 76.0 Å². The Hall–Kier alpha value is -0.770. The summed E-state index contributed by atoms with van der Waals surface area (Å²) >= 11 is 0. The van der Waals surface area contributed by atoms with Crippen molar-refractivity contribution in [3.05, 3.63) is 0 Å². The van der Waals surface area contributed by atoms with Crippen LogP contribution in [0.3, 0.4) is 0 Å². The fourth-order valence-electron chi connectivity index (χ4n) is 1.93. The molecule has 0 amide bonds. The van der Waals surface area contributed by atoms with Crippen molar-refractivity contribution in [3.8, 4) is 0 Å². The third-order valence-corrected chi connectivity index (χ3v) is 2.82. The van der Waals surface area contributed by atoms with E-state index in [2.05, 4.69) is 33.8 Å². The van der Waals surface area contributed by atoms with E-state index in [0.29, 0.717) is 0 Å². The van der Waals surface area contributed by atoms with Crippen LogP contribution < -0.4 is 0 Å². The summed E-state index contributed by atoms with van der Waals surface area (Å²) in [6.45, 7) is 2.16. The average Bonchev–Trinajstić information content (AvgIpc) is 2.25. The number of unbranched alkanes of at least 4 members (excludes halogenated alkanes) is 4. The van der Waals surface area contributed by atoms with Crippen LogP contribution in [0.2, 0.25) is 0 Å². The van der Waals surface area contributed by atoms with Crippen LogP contribution in [0.15, 0.2) is 4.99 Å². The molecule has 18 heavy (non-hydrogen) atoms. The summed E-state index contributed by atoms with van der Waals surface area (Å²) in [4.78, 5) is 11.0. The molecule has 0 unspecified atom stereocenters. The van der Waals surface area contributed by atoms with E-state index in [0.717, 1.165) is 12.5 Å². The largest absolute Gasteiger partial charge is 0.349 e. The zero-order valence-electron chi connectivity index (χ0n) is 13.2. The molecule has 0 spiro atoms. The highest BCUT2D eigenvalue weighted by Gasteiger charge is 2.02. The molecule has 0 aliphatic heterocycles. The standard InChI is InChI=1S/C14H32N4/c1-16(2)13-11-9-7-8-10-12-15-14(17(3)4)18(5)6/h7-13H2,1-6H3. The molecule has 0 saturated heterocycles. The van der Waals surface area contributed by atoms with Gasteiger partial charge in [-0.15, -0.1) is 0 Å². The third-order valence-electron chi connectivity index (χ3n) is 2.82. The molecule has 108 valence electrons. The molecule has 0 fully saturated rings. The number of rotatable bonds is 8. The van der Waals surface area contributed by atoms with Crippen molar-refractivity contribution in [1.82, 2.24) is 14.7 Å². The van der Waals surface area contributed by atoms with Gasteiger partial charge in [0.05, 0.1) is 0 Å². The highest BCUT2D eigenvalue weighted by atomic mass is 15.3. The van der Waals surface area contributed by atoms with Gasteiger partial charge in [0.15, 0.2) is 5.96 Å². The molecule has 4 heteroatoms. The number of nitrogens with zero attached hydrogens (tertiary/aromatic N) is 4. The molecule has 0 aliphatic rings. The lowest BCUT2D eigenvalue weighted by Crippen LogP contribution is -2.35. The van der Waals surface area contributed by atoms with Gasteiger partial charge in [-0.25, -0.2) is 0 Å². The second-order valence-corrected chi connectivity index (χ2v) is 5.54. The number of aliphatic imine (C=N–C) groups is 1. The van der Waals surface area contributed by atoms with Crippen molar-refractivity contribution in [2.75, 3.05) is 55.4 Å². The van der Waals surface area contributed by atoms with Gasteiger partial charge in [-0.2, -0.15) is 0 Å². The number of hydrogen-bond acceptors (Lipinski definition) is 2. The first-order valence-corrected chi connectivity index (χ1v) is 6.99. The normalized spacial score (nSPS) is 10.6. The van der Waals surface area contributed by atoms with Crippen LogP contribution in [0.1, 0.15) is 32.1 Å². The van der Waals surface area contributed by atoms with Crippen LogP contribution in [0, 0.1) is 0 Å². The van der Waals surface area contributed by atoms with E-state index in [1.165, 1.54) is 38.6 Å². The Balaban J connectivity index is 3.57. The molecule has 4 nitrogen and oxygen atoms in total. The first-order valence-electron chi connectivity index (χ1n) is 6.99. The zero-order chi connectivity index (χ0) is 14.0. The Morgan fingerprint density at radius 3 is 1.72 bits per heavy atom. The number of guanidine groups is 1. The molecule has 0 heterocycles. The summed E-state index contributed by atoms with van der Waals surface area (Å²) in [6, 6.07) is 0. The Morgan fingerprint density at radius 2 is 1.22 bits per heavy atom. The highest BCUT2D eigenvalue weighted by molar-refractivity contribution is 5.79. The Labute approximate surface area is 114 Å². The Bertz CT molecular complexity index is 212. The first kappa shape index (κ1) is 17.2. The molecule has 0 bridgehead atoms. The van der Waals surface area contributed by atoms with Gasteiger partial charge in [-0.3, -0.25) is 4.99 Å². The third kappa shape index (κ3) is 9.28. The minimum atomic E-state index is 0.944. The topological polar surface area (TPSA) is 22.1 Å². The number of hydrogen-bond donors (Lipinski definition) is 0. The molecule has 0 aromatic rings. The molecule has 0 aromatic carbocycles. The molecule has 0 saturated carbocycles. The monoisotopic (exact) mass is 256 g/mol. The van der Waals surface area contributed by atoms with E-state index in [1.54, 1.807) is 0 Å². The van der Waals surface area contributed by atoms with Gasteiger partial charge in [-0.1, -0.05) is 19.3 Å². The quantitative estimate of drug-likeness (QED) is 0.377. The minimum absolute atomic E-state index is 0.944. The smallest absolute Gasteiger partial charge is 0.195 e. The van der Waals surface area contributed by atoms with Gasteiger partial charge in [0.2, 0.25) is 0 Å². The van der Waals surface area contributed by atoms with Crippen molar-refractivity contribution in [1.29, 1.82) is 0 Å². The predicted octanol–water partition coefficient (Wildman–Crippen LogP) is 1.98. The molecule has 0 aromatic heterocycles. The van der Waals surface area contributed by atoms with Gasteiger partial charge in [0.25, 0.3) is 0 Å². The van der Waals surface area contributed by atoms with Crippen LogP contribution in [0.4, 0.5) is 0 Å². The molecule has 0 rings (SSSR count). The van der Waals surface area contributed by atoms with Gasteiger partial charge in [0.1, 0.15) is 0 Å². The lowest BCUT2D eigenvalue weighted by Gasteiger charge is -2.22. The lowest BCUT2D eigenvalue weighted by molar-refractivity contribution is 0.390. The first-order chi connectivity index (χ1) is 8.45. The van der Waals surface area contributed by atoms with Gasteiger partial charge < -0.3 is 14.7 Å². The van der Waals surface area contributed by atoms with Gasteiger partial charge in [0, 0.05) is 34.7 Å². The van der Waals surface area contributed by atoms with Crippen molar-refractivity contribution < 1.29 is 0 Å². The molecular weight excluding hydrogens is 224 g/mol. The molecule has 0 aliphatic carbocycles. The lowest BCUT2D eigenvalue weighted by atomic mass is 10.1. The van der Waals surface area contributed by atoms with Crippen molar-refractivity contribution in [2.24, 2.45) is 4.99 Å². The summed E-state index contributed by atoms with van der Waals surface area (Å²) in [5.41, 5.74) is 0. The maximum atomic E-state index is 4.63. The summed E-state index contributed by atoms with van der Waals surface area (Å²) in [5, 5.41) is 0. The van der Waals surface area contributed by atoms with E-state index in [9.17, 15) is 0 Å². The molecular formula is C14H32N4. The predicted molar refractivity (Wildman–Crippen MR) is 81.3 cm³/mol. The van der Waals surface area contributed by atoms with E-state index >= 15 is 0 Å². The van der Waals surface area contributed by atoms with Crippen LogP contribution in [0.25, 0.3) is 0 Å². The molecule has 0 N–H and O–H groups in total. The zero-order valence-corrected chi connectivity index (χ0v) is 13.2. The van der Waals surface area contributed by atoms with E-state index < -0.39 is 0 Å². The molecule has 0 radical (unpaired) electrons. The summed E-state index contributed by atoms with van der Waals surface area (Å²) in [6.07, 6.45) is 6.49. The second kappa shape index (κ2) is 10.2. The van der Waals surface area contributed by atoms with E-state index in [4.69, 9.17) is 0 Å². The van der Waals surface area contributed by atoms with Gasteiger partial charge in [-0.05, 0) is 33.5 Å². The average molecular weight is 256 g/mol. The van der Waals surface area contributed by atoms with E-state index in [1.807, 2.05) is 28.2 Å². The second-order valence-electron chi connectivity index (χ2n) is 5.54. The summed E-state index contributed by atoms with van der Waals surface area (Å²) < 4.78 is 0. The van der Waals surface area contributed by atoms with Gasteiger partial charge >= 0.3 is 0 Å². The maximum absolute atomic E-state index is 4.63. The van der Waals surface area contributed by atoms with Crippen LogP contribution in [0.5, 0.6) is 0 Å². The fourth-order valence-corrected chi connectivity index (χ4v) is 1.93. The molecule has 0 atom stereocenters. The van der Waals surface area contributed by atoms with Crippen molar-refractivity contribution in [2.45, 2.75) is 32.1 Å². The van der Waals surface area contributed by atoms with Crippen molar-refractivity contribution >= 4 is 5.96 Å². The summed E-state index contributed by atoms with van der Waals surface area (Å²) in [7, 11) is 12.4. The SMILES string of the molecule is CN(C)CCCCCCCN=C(N(C)C)N(C)C. The van der Waals surface area contributed by atoms with Crippen LogP contribution >= 0.6 is 0 Å². The maximum Gasteiger partial charge on any atom is 0.195 e. The summed E-state index contributed by atoms with van der Waals surface area (Å²) in [5.74, 6) is 1.06. The van der Waals surface area contributed by atoms with Crippen LogP contribution in [-0.2, 0) is 0 Å². The Kier molecular flexibility index (Phi) is 9.74. The van der Waals surface area contributed by atoms with E-state index in [-0.39, 0.29) is 0 Å². The fraction of sp³-hybridized carbons (Fsp3) is 0.929. The minimum Gasteiger partial charge on any atom is -0.349 e. The van der Waals surface area contributed by atoms with Crippen molar-refractivity contribution in [3.63, 3.8) is 0 Å². The highest BCUT2D eigenvalue weighted by Crippen LogP contribution is 2.04.